The van der Waals surface area contributed by atoms with E-state index in [4.69, 9.17) is 14.7 Å². The first-order chi connectivity index (χ1) is 31.9. The van der Waals surface area contributed by atoms with E-state index in [0.29, 0.717) is 0 Å². The van der Waals surface area contributed by atoms with Crippen molar-refractivity contribution >= 4 is 5.57 Å². The second-order valence-corrected chi connectivity index (χ2v) is 17.2. The molecule has 0 amide bonds. The molecule has 2 aromatic heterocycles. The second-order valence-electron chi connectivity index (χ2n) is 17.2. The third-order valence-corrected chi connectivity index (χ3v) is 12.6. The van der Waals surface area contributed by atoms with E-state index in [1.807, 2.05) is 18.2 Å². The fourth-order valence-corrected chi connectivity index (χ4v) is 9.13. The van der Waals surface area contributed by atoms with Crippen molar-refractivity contribution in [3.8, 4) is 89.8 Å². The molecule has 3 heteroatoms. The molecular weight excluding hydrogens is 789 g/mol. The molecule has 65 heavy (non-hydrogen) atoms. The van der Waals surface area contributed by atoms with Gasteiger partial charge in [0.25, 0.3) is 0 Å². The highest BCUT2D eigenvalue weighted by Gasteiger charge is 2.37. The van der Waals surface area contributed by atoms with E-state index in [2.05, 4.69) is 228 Å². The Morgan fingerprint density at radius 3 is 1.29 bits per heavy atom. The van der Waals surface area contributed by atoms with E-state index >= 15 is 0 Å². The highest BCUT2D eigenvalue weighted by Crippen LogP contribution is 2.54. The molecule has 0 saturated carbocycles. The Kier molecular flexibility index (Phi) is 11.2. The number of hydrogen-bond donors (Lipinski definition) is 0. The maximum absolute atomic E-state index is 7.17. The monoisotopic (exact) mass is 838 g/mol. The molecule has 0 aliphatic carbocycles. The van der Waals surface area contributed by atoms with Crippen LogP contribution in [0.5, 0.6) is 11.5 Å². The van der Waals surface area contributed by atoms with Crippen molar-refractivity contribution in [2.75, 3.05) is 0 Å². The van der Waals surface area contributed by atoms with Crippen LogP contribution >= 0.6 is 0 Å². The van der Waals surface area contributed by atoms with Gasteiger partial charge in [0, 0.05) is 44.4 Å². The summed E-state index contributed by atoms with van der Waals surface area (Å²) in [5.41, 5.74) is 19.1. The molecule has 3 heterocycles. The molecule has 0 spiro atoms. The smallest absolute Gasteiger partial charge is 0.139 e. The summed E-state index contributed by atoms with van der Waals surface area (Å²) in [7, 11) is 0. The molecule has 314 valence electrons. The third-order valence-electron chi connectivity index (χ3n) is 12.6. The van der Waals surface area contributed by atoms with Gasteiger partial charge in [0.05, 0.1) is 22.8 Å². The van der Waals surface area contributed by atoms with E-state index < -0.39 is 0 Å². The van der Waals surface area contributed by atoms with Gasteiger partial charge in [0.1, 0.15) is 11.5 Å². The lowest BCUT2D eigenvalue weighted by Crippen LogP contribution is -2.25. The molecule has 1 aliphatic rings. The van der Waals surface area contributed by atoms with Crippen LogP contribution in [0, 0.1) is 0 Å². The maximum Gasteiger partial charge on any atom is 0.139 e. The summed E-state index contributed by atoms with van der Waals surface area (Å²) in [4.78, 5) is 10.3. The Balaban J connectivity index is 0.996. The Labute approximate surface area is 383 Å². The number of benzene rings is 7. The van der Waals surface area contributed by atoms with Crippen LogP contribution in [0.2, 0.25) is 0 Å². The fraction of sp³-hybridized carbons (Fsp3) is 0.0968. The average molecular weight is 839 g/mol. The number of rotatable bonds is 10. The van der Waals surface area contributed by atoms with E-state index in [9.17, 15) is 0 Å². The molecule has 0 saturated heterocycles. The molecule has 0 atom stereocenters. The van der Waals surface area contributed by atoms with Crippen molar-refractivity contribution in [1.82, 2.24) is 9.97 Å². The number of para-hydroxylation sites is 2. The van der Waals surface area contributed by atoms with E-state index in [-0.39, 0.29) is 5.41 Å². The van der Waals surface area contributed by atoms with Crippen LogP contribution in [-0.4, -0.2) is 9.97 Å². The van der Waals surface area contributed by atoms with Crippen LogP contribution in [0.25, 0.3) is 83.9 Å². The number of hydrogen-bond acceptors (Lipinski definition) is 3. The lowest BCUT2D eigenvalue weighted by molar-refractivity contribution is 0.421. The molecule has 0 radical (unpaired) electrons. The standard InChI is InChI=1S/C62H50N2O/c1-5-18-46(19-6-2)56-38-50(39-57(63-56)47-20-10-7-11-21-47)42-30-34-44(35-31-42)52-26-16-28-54-60(52)65-61-53(27-17-29-55(61)62(54,3)4)45-36-32-43(33-37-45)51-40-58(48-22-12-8-13-23-48)64-59(41-51)49-24-14-9-15-25-49/h5,7-41H,6H2,1-4H3/b18-5-,46-19+. The van der Waals surface area contributed by atoms with Crippen LogP contribution < -0.4 is 4.74 Å². The first kappa shape index (κ1) is 41.1. The van der Waals surface area contributed by atoms with Gasteiger partial charge < -0.3 is 4.74 Å². The zero-order chi connectivity index (χ0) is 44.3. The number of pyridine rings is 2. The zero-order valence-electron chi connectivity index (χ0n) is 37.3. The second kappa shape index (κ2) is 17.7. The number of aromatic nitrogens is 2. The van der Waals surface area contributed by atoms with Crippen molar-refractivity contribution in [3.63, 3.8) is 0 Å². The fourth-order valence-electron chi connectivity index (χ4n) is 9.13. The lowest BCUT2D eigenvalue weighted by atomic mass is 9.74. The van der Waals surface area contributed by atoms with Crippen LogP contribution in [0.15, 0.2) is 218 Å². The van der Waals surface area contributed by atoms with Gasteiger partial charge in [-0.2, -0.15) is 0 Å². The highest BCUT2D eigenvalue weighted by molar-refractivity contribution is 5.85. The quantitative estimate of drug-likeness (QED) is 0.129. The molecule has 0 unspecified atom stereocenters. The predicted molar refractivity (Wildman–Crippen MR) is 272 cm³/mol. The summed E-state index contributed by atoms with van der Waals surface area (Å²) in [6.45, 7) is 8.85. The van der Waals surface area contributed by atoms with E-state index in [1.165, 1.54) is 11.1 Å². The third kappa shape index (κ3) is 8.14. The summed E-state index contributed by atoms with van der Waals surface area (Å²) in [5.74, 6) is 1.80. The first-order valence-corrected chi connectivity index (χ1v) is 22.6. The molecule has 9 aromatic rings. The molecule has 0 bridgehead atoms. The SMILES string of the molecule is C/C=C\C(=C/CC)c1cc(-c2ccc(-c3cccc4c3Oc3c(-c5ccc(-c6cc(-c7ccccc7)nc(-c7ccccc7)c6)cc5)cccc3C4(C)C)cc2)cc(-c2ccccc2)n1. The van der Waals surface area contributed by atoms with Crippen LogP contribution in [0.1, 0.15) is 50.9 Å². The Morgan fingerprint density at radius 2 is 0.862 bits per heavy atom. The van der Waals surface area contributed by atoms with Gasteiger partial charge in [-0.3, -0.25) is 0 Å². The van der Waals surface area contributed by atoms with Gasteiger partial charge >= 0.3 is 0 Å². The average Bonchev–Trinajstić information content (AvgIpc) is 3.37. The summed E-state index contributed by atoms with van der Waals surface area (Å²) in [6, 6.07) is 71.0. The molecule has 10 rings (SSSR count). The number of allylic oxidation sites excluding steroid dienone is 4. The minimum absolute atomic E-state index is 0.300. The zero-order valence-corrected chi connectivity index (χ0v) is 37.3. The number of nitrogens with zero attached hydrogens (tertiary/aromatic N) is 2. The minimum Gasteiger partial charge on any atom is -0.455 e. The van der Waals surface area contributed by atoms with Crippen molar-refractivity contribution in [3.05, 3.63) is 235 Å². The van der Waals surface area contributed by atoms with Gasteiger partial charge in [-0.1, -0.05) is 215 Å². The molecule has 1 aliphatic heterocycles. The van der Waals surface area contributed by atoms with Crippen molar-refractivity contribution < 1.29 is 4.74 Å². The van der Waals surface area contributed by atoms with Crippen molar-refractivity contribution in [1.29, 1.82) is 0 Å². The van der Waals surface area contributed by atoms with Gasteiger partial charge in [-0.15, -0.1) is 0 Å². The lowest BCUT2D eigenvalue weighted by Gasteiger charge is -2.36. The van der Waals surface area contributed by atoms with Gasteiger partial charge in [-0.05, 0) is 76.6 Å². The summed E-state index contributed by atoms with van der Waals surface area (Å²) in [6.07, 6.45) is 7.41. The molecule has 0 N–H and O–H groups in total. The summed E-state index contributed by atoms with van der Waals surface area (Å²) in [5, 5.41) is 0. The van der Waals surface area contributed by atoms with Gasteiger partial charge in [0.2, 0.25) is 0 Å². The van der Waals surface area contributed by atoms with Crippen LogP contribution in [0.4, 0.5) is 0 Å². The Morgan fingerprint density at radius 1 is 0.446 bits per heavy atom. The van der Waals surface area contributed by atoms with Crippen LogP contribution in [-0.2, 0) is 5.41 Å². The van der Waals surface area contributed by atoms with Crippen LogP contribution in [0.3, 0.4) is 0 Å². The topological polar surface area (TPSA) is 35.0 Å². The highest BCUT2D eigenvalue weighted by atomic mass is 16.5. The molecule has 7 aromatic carbocycles. The molecule has 0 fully saturated rings. The molecule has 3 nitrogen and oxygen atoms in total. The summed E-state index contributed by atoms with van der Waals surface area (Å²) >= 11 is 0. The maximum atomic E-state index is 7.17. The predicted octanol–water partition coefficient (Wildman–Crippen LogP) is 16.9. The normalized spacial score (nSPS) is 13.0. The van der Waals surface area contributed by atoms with Gasteiger partial charge in [-0.25, -0.2) is 9.97 Å². The Bertz CT molecular complexity index is 3140. The van der Waals surface area contributed by atoms with Gasteiger partial charge in [0.15, 0.2) is 0 Å². The minimum atomic E-state index is -0.300. The first-order valence-electron chi connectivity index (χ1n) is 22.6. The van der Waals surface area contributed by atoms with E-state index in [1.54, 1.807) is 0 Å². The number of ether oxygens (including phenoxy) is 1. The Hall–Kier alpha value is -7.88. The van der Waals surface area contributed by atoms with Crippen molar-refractivity contribution in [2.24, 2.45) is 0 Å². The summed E-state index contributed by atoms with van der Waals surface area (Å²) < 4.78 is 7.17. The van der Waals surface area contributed by atoms with E-state index in [0.717, 1.165) is 107 Å². The molecular formula is C62H50N2O. The largest absolute Gasteiger partial charge is 0.455 e. The van der Waals surface area contributed by atoms with Crippen molar-refractivity contribution in [2.45, 2.75) is 39.5 Å². The number of fused-ring (bicyclic) bond motifs is 2.